The van der Waals surface area contributed by atoms with Gasteiger partial charge in [-0.2, -0.15) is 8.42 Å². The molecule has 0 aliphatic carbocycles. The van der Waals surface area contributed by atoms with Crippen LogP contribution in [0.4, 0.5) is 0 Å². The second-order valence-corrected chi connectivity index (χ2v) is 19.6. The Bertz CT molecular complexity index is 1910. The number of rotatable bonds is 22. The van der Waals surface area contributed by atoms with E-state index in [1.165, 1.54) is 13.8 Å². The lowest BCUT2D eigenvalue weighted by Gasteiger charge is -2.51. The van der Waals surface area contributed by atoms with Crippen molar-refractivity contribution in [2.45, 2.75) is 206 Å². The molecule has 438 valence electrons. The average molecular weight is 1120 g/mol. The molecule has 0 unspecified atom stereocenters. The van der Waals surface area contributed by atoms with E-state index < -0.39 is 233 Å². The minimum absolute atomic E-state index is 0.819. The zero-order chi connectivity index (χ0) is 56.1. The molecule has 2 amide bonds. The molecule has 0 aromatic rings. The van der Waals surface area contributed by atoms with Gasteiger partial charge in [0.25, 0.3) is 0 Å². The van der Waals surface area contributed by atoms with Gasteiger partial charge in [-0.3, -0.25) is 14.1 Å². The van der Waals surface area contributed by atoms with Crippen LogP contribution in [0.25, 0.3) is 0 Å². The quantitative estimate of drug-likeness (QED) is 0.0448. The molecule has 5 saturated heterocycles. The topological polar surface area (TPSA) is 538 Å². The van der Waals surface area contributed by atoms with Gasteiger partial charge >= 0.3 is 10.4 Å². The van der Waals surface area contributed by atoms with Crippen molar-refractivity contribution in [3.63, 3.8) is 0 Å². The lowest BCUT2D eigenvalue weighted by atomic mass is 9.93. The highest BCUT2D eigenvalue weighted by atomic mass is 32.3. The van der Waals surface area contributed by atoms with Crippen LogP contribution < -0.4 is 10.6 Å². The largest absolute Gasteiger partial charge is 0.397 e. The number of carbonyl (C=O) groups is 2. The molecule has 5 fully saturated rings. The number of amides is 2. The van der Waals surface area contributed by atoms with Crippen molar-refractivity contribution in [3.8, 4) is 0 Å². The van der Waals surface area contributed by atoms with Crippen LogP contribution in [0.5, 0.6) is 0 Å². The first-order valence-corrected chi connectivity index (χ1v) is 24.8. The van der Waals surface area contributed by atoms with Gasteiger partial charge in [0.05, 0.1) is 51.3 Å². The molecule has 35 heteroatoms. The highest BCUT2D eigenvalue weighted by molar-refractivity contribution is 7.80. The molecule has 0 saturated carbocycles. The summed E-state index contributed by atoms with van der Waals surface area (Å²) < 4.78 is 96.5. The van der Waals surface area contributed by atoms with Crippen LogP contribution in [0.15, 0.2) is 0 Å². The maximum atomic E-state index is 13.0. The number of nitrogens with one attached hydrogen (secondary N) is 2. The van der Waals surface area contributed by atoms with Gasteiger partial charge in [-0.25, -0.2) is 4.18 Å². The Morgan fingerprint density at radius 1 is 0.520 bits per heavy atom. The summed E-state index contributed by atoms with van der Waals surface area (Å²) in [6.45, 7) is -1.30. The van der Waals surface area contributed by atoms with E-state index in [2.05, 4.69) is 14.8 Å². The fraction of sp³-hybridized carbons (Fsp3) is 0.950. The molecular formula is C40H70N2O32S. The number of ether oxygens (including phenoxy) is 10. The Morgan fingerprint density at radius 2 is 0.973 bits per heavy atom. The summed E-state index contributed by atoms with van der Waals surface area (Å²) in [4.78, 5) is 25.3. The van der Waals surface area contributed by atoms with E-state index in [0.717, 1.165) is 13.8 Å². The van der Waals surface area contributed by atoms with E-state index >= 15 is 0 Å². The molecule has 0 spiro atoms. The number of carbonyl (C=O) groups excluding carboxylic acids is 2. The van der Waals surface area contributed by atoms with Crippen molar-refractivity contribution in [2.75, 3.05) is 33.0 Å². The highest BCUT2D eigenvalue weighted by Gasteiger charge is 2.58. The third kappa shape index (κ3) is 15.2. The molecule has 5 aliphatic rings. The molecule has 75 heavy (non-hydrogen) atoms. The lowest BCUT2D eigenvalue weighted by molar-refractivity contribution is -0.388. The second-order valence-electron chi connectivity index (χ2n) is 18.5. The third-order valence-corrected chi connectivity index (χ3v) is 13.4. The van der Waals surface area contributed by atoms with Gasteiger partial charge in [0.1, 0.15) is 128 Å². The molecule has 0 aromatic carbocycles. The fourth-order valence-electron chi connectivity index (χ4n) is 8.94. The molecule has 5 rings (SSSR count). The molecule has 34 nitrogen and oxygen atoms in total. The summed E-state index contributed by atoms with van der Waals surface area (Å²) in [6, 6.07) is -3.61. The van der Waals surface area contributed by atoms with E-state index in [4.69, 9.17) is 47.4 Å². The average Bonchev–Trinajstić information content (AvgIpc) is 3.35. The Hall–Kier alpha value is -2.23. The number of aliphatic hydroxyl groups excluding tert-OH is 16. The van der Waals surface area contributed by atoms with Crippen LogP contribution in [0.1, 0.15) is 27.7 Å². The van der Waals surface area contributed by atoms with Crippen LogP contribution in [0, 0.1) is 0 Å². The highest BCUT2D eigenvalue weighted by Crippen LogP contribution is 2.37. The predicted octanol–water partition coefficient (Wildman–Crippen LogP) is -12.3. The fourth-order valence-corrected chi connectivity index (χ4v) is 9.25. The maximum absolute atomic E-state index is 13.0. The van der Waals surface area contributed by atoms with E-state index in [-0.39, 0.29) is 0 Å². The first-order valence-electron chi connectivity index (χ1n) is 23.4. The van der Waals surface area contributed by atoms with Crippen molar-refractivity contribution in [3.05, 3.63) is 0 Å². The molecule has 19 N–H and O–H groups in total. The predicted molar refractivity (Wildman–Crippen MR) is 232 cm³/mol. The van der Waals surface area contributed by atoms with Gasteiger partial charge in [0.15, 0.2) is 31.5 Å². The SMILES string of the molecule is CC(=O)N[C@H]1[C@H](O[C@@H]2[C@H](O)[C@@H](O)[C@H](O[C@@H]([C@H](O[C@@H]3O[C@@H](C)[C@@H](O)[C@@H](O)[C@@H]3O)[C@H](CO)NC(C)=O)[C@H](O)CO)O[C@@H]2CO)O[C@H](COS(=O)(=O)O)[C@@H](O[C@@H]2O[C@H](CO)[C@H](O)[C@H](O)[C@H]2O)[C@@H]1O[C@@H]1O[C@@H](C)[C@@H](O)[C@@H](O)[C@@H]1O. The molecular weight excluding hydrogens is 1050 g/mol. The monoisotopic (exact) mass is 1120 g/mol. The van der Waals surface area contributed by atoms with E-state index in [1.807, 2.05) is 0 Å². The van der Waals surface area contributed by atoms with Gasteiger partial charge in [-0.15, -0.1) is 0 Å². The van der Waals surface area contributed by atoms with Crippen LogP contribution in [0.2, 0.25) is 0 Å². The molecule has 29 atom stereocenters. The van der Waals surface area contributed by atoms with Gasteiger partial charge in [-0.05, 0) is 13.8 Å². The van der Waals surface area contributed by atoms with Crippen molar-refractivity contribution in [1.82, 2.24) is 10.6 Å². The molecule has 0 radical (unpaired) electrons. The van der Waals surface area contributed by atoms with E-state index in [0.29, 0.717) is 0 Å². The van der Waals surface area contributed by atoms with Crippen LogP contribution in [-0.4, -0.2) is 317 Å². The third-order valence-electron chi connectivity index (χ3n) is 13.0. The Balaban J connectivity index is 1.54. The standard InChI is InChI=1S/C40H70N2O32S/c1-10-20(50)23(53)27(57)37(65-10)70-31(14(5-43)41-12(3)47)32(15(49)6-44)71-40-30(60)26(56)33(17(8-46)68-40)72-36-19(42-13(4)48)35(74-38-28(58)24(54)21(51)11(2)66-38)34(18(69-36)9-64-75(61,62)63)73-39-29(59)25(55)22(52)16(7-45)67-39/h10-11,14-40,43-46,49-60H,5-9H2,1-4H3,(H,41,47)(H,42,48)(H,61,62,63)/t10-,11-,14-,15+,16+,17+,18+,19+,20+,21+,22-,23+,24+,25-,26+,27-,28-,29+,30+,31+,32+,33-,34+,35+,36-,37-,38-,39-,40-/m0/s1. The Kier molecular flexibility index (Phi) is 23.1. The van der Waals surface area contributed by atoms with Gasteiger partial charge in [-0.1, -0.05) is 0 Å². The lowest BCUT2D eigenvalue weighted by Crippen LogP contribution is -2.71. The number of hydrogen-bond acceptors (Lipinski definition) is 31. The molecule has 0 aromatic heterocycles. The first kappa shape index (κ1) is 63.6. The molecule has 5 aliphatic heterocycles. The summed E-state index contributed by atoms with van der Waals surface area (Å²) >= 11 is 0. The van der Waals surface area contributed by atoms with Gasteiger partial charge in [0, 0.05) is 13.8 Å². The summed E-state index contributed by atoms with van der Waals surface area (Å²) in [7, 11) is -5.42. The van der Waals surface area contributed by atoms with Crippen molar-refractivity contribution >= 4 is 22.2 Å². The number of aliphatic hydroxyl groups is 16. The van der Waals surface area contributed by atoms with Crippen molar-refractivity contribution in [1.29, 1.82) is 0 Å². The molecule has 5 heterocycles. The normalized spacial score (nSPS) is 44.5. The van der Waals surface area contributed by atoms with Crippen LogP contribution in [-0.2, 0) is 71.5 Å². The maximum Gasteiger partial charge on any atom is 0.397 e. The Morgan fingerprint density at radius 3 is 1.49 bits per heavy atom. The smallest absolute Gasteiger partial charge is 0.394 e. The van der Waals surface area contributed by atoms with Crippen LogP contribution in [0.3, 0.4) is 0 Å². The minimum atomic E-state index is -5.42. The van der Waals surface area contributed by atoms with Gasteiger partial charge in [0.2, 0.25) is 11.8 Å². The summed E-state index contributed by atoms with van der Waals surface area (Å²) in [5, 5.41) is 176. The van der Waals surface area contributed by atoms with Gasteiger partial charge < -0.3 is 140 Å². The van der Waals surface area contributed by atoms with Crippen molar-refractivity contribution in [2.24, 2.45) is 0 Å². The zero-order valence-electron chi connectivity index (χ0n) is 40.4. The first-order chi connectivity index (χ1) is 35.1. The van der Waals surface area contributed by atoms with Crippen molar-refractivity contribution < 1.29 is 156 Å². The van der Waals surface area contributed by atoms with E-state index in [1.54, 1.807) is 0 Å². The number of hydrogen-bond donors (Lipinski definition) is 19. The summed E-state index contributed by atoms with van der Waals surface area (Å²) in [5.74, 6) is -1.79. The van der Waals surface area contributed by atoms with Crippen LogP contribution >= 0.6 is 0 Å². The Labute approximate surface area is 426 Å². The summed E-state index contributed by atoms with van der Waals surface area (Å²) in [5.41, 5.74) is 0. The minimum Gasteiger partial charge on any atom is -0.394 e. The van der Waals surface area contributed by atoms with E-state index in [9.17, 15) is 104 Å². The summed E-state index contributed by atoms with van der Waals surface area (Å²) in [6.07, 6.45) is -53.7. The molecule has 0 bridgehead atoms. The zero-order valence-corrected chi connectivity index (χ0v) is 41.2. The second kappa shape index (κ2) is 27.3.